The van der Waals surface area contributed by atoms with Crippen LogP contribution in [0.4, 0.5) is 0 Å². The molecule has 2 amide bonds. The zero-order valence-corrected chi connectivity index (χ0v) is 26.5. The van der Waals surface area contributed by atoms with Crippen LogP contribution < -0.4 is 39.2 Å². The molecular weight excluding hydrogens is 671 g/mol. The predicted octanol–water partition coefficient (Wildman–Crippen LogP) is -1.32. The minimum atomic E-state index is -3.90. The lowest BCUT2D eigenvalue weighted by molar-refractivity contribution is -0.671. The van der Waals surface area contributed by atoms with Gasteiger partial charge in [-0.15, -0.1) is 0 Å². The summed E-state index contributed by atoms with van der Waals surface area (Å²) in [5.41, 5.74) is 2.20. The third kappa shape index (κ3) is 8.58. The summed E-state index contributed by atoms with van der Waals surface area (Å²) in [4.78, 5) is 39.0. The fourth-order valence-electron chi connectivity index (χ4n) is 4.69. The summed E-state index contributed by atoms with van der Waals surface area (Å²) in [6, 6.07) is 17.1. The summed E-state index contributed by atoms with van der Waals surface area (Å²) in [7, 11) is -2.09. The Morgan fingerprint density at radius 2 is 1.76 bits per heavy atom. The van der Waals surface area contributed by atoms with E-state index in [9.17, 15) is 22.8 Å². The van der Waals surface area contributed by atoms with Crippen molar-refractivity contribution in [1.29, 1.82) is 0 Å². The van der Waals surface area contributed by atoms with Gasteiger partial charge in [0.05, 0.1) is 11.4 Å². The number of carbonyl (C=O) groups excluding carboxylic acids is 3. The summed E-state index contributed by atoms with van der Waals surface area (Å²) in [6.45, 7) is 2.06. The number of carbonyl (C=O) groups is 3. The van der Waals surface area contributed by atoms with E-state index in [1.807, 2.05) is 50.5 Å². The van der Waals surface area contributed by atoms with Gasteiger partial charge >= 0.3 is 5.97 Å². The molecule has 0 aliphatic carbocycles. The Bertz CT molecular complexity index is 1490. The van der Waals surface area contributed by atoms with E-state index in [1.165, 1.54) is 16.4 Å². The second kappa shape index (κ2) is 15.2. The number of pyridine rings is 1. The second-order valence-electron chi connectivity index (χ2n) is 10.0. The van der Waals surface area contributed by atoms with Crippen molar-refractivity contribution in [2.24, 2.45) is 7.05 Å². The fraction of sp³-hybridized carbons (Fsp3) is 0.333. The topological polar surface area (TPSA) is 126 Å². The van der Waals surface area contributed by atoms with Crippen LogP contribution >= 0.6 is 0 Å². The van der Waals surface area contributed by atoms with Gasteiger partial charge in [-0.05, 0) is 43.5 Å². The molecule has 1 aliphatic heterocycles. The van der Waals surface area contributed by atoms with Gasteiger partial charge in [-0.3, -0.25) is 9.59 Å². The number of benzene rings is 2. The van der Waals surface area contributed by atoms with Gasteiger partial charge in [0, 0.05) is 19.0 Å². The molecule has 1 fully saturated rings. The van der Waals surface area contributed by atoms with Crippen molar-refractivity contribution < 1.29 is 56.1 Å². The van der Waals surface area contributed by atoms with Crippen LogP contribution in [0.3, 0.4) is 0 Å². The van der Waals surface area contributed by atoms with Crippen molar-refractivity contribution in [2.45, 2.75) is 43.2 Å². The molecule has 4 rings (SSSR count). The monoisotopic (exact) mass is 706 g/mol. The van der Waals surface area contributed by atoms with Gasteiger partial charge in [0.2, 0.25) is 15.9 Å². The maximum Gasteiger partial charge on any atom is 0.329 e. The average Bonchev–Trinajstić information content (AvgIpc) is 3.47. The van der Waals surface area contributed by atoms with Gasteiger partial charge in [-0.1, -0.05) is 48.0 Å². The number of ether oxygens (including phenoxy) is 1. The van der Waals surface area contributed by atoms with Gasteiger partial charge in [-0.2, -0.15) is 4.31 Å². The van der Waals surface area contributed by atoms with E-state index < -0.39 is 34.0 Å². The minimum Gasteiger partial charge on any atom is -1.00 e. The van der Waals surface area contributed by atoms with Crippen LogP contribution in [0.15, 0.2) is 84.0 Å². The average molecular weight is 707 g/mol. The molecule has 0 radical (unpaired) electrons. The van der Waals surface area contributed by atoms with Crippen LogP contribution in [0, 0.1) is 6.92 Å². The summed E-state index contributed by atoms with van der Waals surface area (Å²) in [6.07, 6.45) is 4.51. The second-order valence-corrected chi connectivity index (χ2v) is 11.9. The molecule has 0 saturated carbocycles. The molecule has 2 aromatic carbocycles. The van der Waals surface area contributed by atoms with Crippen LogP contribution in [0.1, 0.15) is 34.3 Å². The molecule has 224 valence electrons. The summed E-state index contributed by atoms with van der Waals surface area (Å²) < 4.78 is 35.1. The molecule has 10 nitrogen and oxygen atoms in total. The number of sulfonamides is 1. The minimum absolute atomic E-state index is 0. The lowest BCUT2D eigenvalue weighted by Gasteiger charge is -2.26. The van der Waals surface area contributed by atoms with Crippen LogP contribution in [0.2, 0.25) is 0 Å². The predicted molar refractivity (Wildman–Crippen MR) is 151 cm³/mol. The molecular formula is C30H35IN4O6S. The molecule has 0 spiro atoms. The van der Waals surface area contributed by atoms with Crippen molar-refractivity contribution in [3.63, 3.8) is 0 Å². The van der Waals surface area contributed by atoms with Crippen LogP contribution in [-0.2, 0) is 37.8 Å². The number of nitrogens with one attached hydrogen (secondary N) is 2. The Labute approximate surface area is 263 Å². The Hall–Kier alpha value is -3.36. The van der Waals surface area contributed by atoms with E-state index in [1.54, 1.807) is 35.0 Å². The first-order valence-electron chi connectivity index (χ1n) is 13.5. The van der Waals surface area contributed by atoms with Crippen molar-refractivity contribution in [3.05, 3.63) is 95.8 Å². The third-order valence-corrected chi connectivity index (χ3v) is 8.77. The molecule has 42 heavy (non-hydrogen) atoms. The lowest BCUT2D eigenvalue weighted by Crippen LogP contribution is -3.00. The normalized spacial score (nSPS) is 15.7. The molecule has 2 atom stereocenters. The SMILES string of the molecule is Cc1ccc(S(=O)(=O)N2CCCC2C(=O)NC(Cc2ccccc2)C(=O)OCCNC(=O)c2ccc[n+](C)c2)cc1.[I-]. The first-order valence-corrected chi connectivity index (χ1v) is 14.9. The number of esters is 1. The molecule has 1 aromatic heterocycles. The zero-order chi connectivity index (χ0) is 29.4. The number of nitrogens with zero attached hydrogens (tertiary/aromatic N) is 2. The van der Waals surface area contributed by atoms with E-state index in [0.29, 0.717) is 18.4 Å². The number of halogens is 1. The highest BCUT2D eigenvalue weighted by molar-refractivity contribution is 7.89. The van der Waals surface area contributed by atoms with E-state index >= 15 is 0 Å². The lowest BCUT2D eigenvalue weighted by atomic mass is 10.1. The number of hydrogen-bond acceptors (Lipinski definition) is 6. The molecule has 0 bridgehead atoms. The fourth-order valence-corrected chi connectivity index (χ4v) is 6.34. The quantitative estimate of drug-likeness (QED) is 0.110. The van der Waals surface area contributed by atoms with Crippen LogP contribution in [0.5, 0.6) is 0 Å². The van der Waals surface area contributed by atoms with Crippen LogP contribution in [-0.4, -0.2) is 62.3 Å². The number of amides is 2. The summed E-state index contributed by atoms with van der Waals surface area (Å²) in [5.74, 6) is -1.53. The largest absolute Gasteiger partial charge is 1.00 e. The Kier molecular flexibility index (Phi) is 12.0. The molecule has 3 aromatic rings. The maximum atomic E-state index is 13.4. The first-order chi connectivity index (χ1) is 19.6. The molecule has 12 heteroatoms. The van der Waals surface area contributed by atoms with E-state index in [0.717, 1.165) is 11.1 Å². The smallest absolute Gasteiger partial charge is 0.329 e. The van der Waals surface area contributed by atoms with Gasteiger partial charge in [0.1, 0.15) is 31.3 Å². The molecule has 2 N–H and O–H groups in total. The molecule has 1 aliphatic rings. The van der Waals surface area contributed by atoms with Crippen molar-refractivity contribution in [1.82, 2.24) is 14.9 Å². The highest BCUT2D eigenvalue weighted by Crippen LogP contribution is 2.26. The number of hydrogen-bond donors (Lipinski definition) is 2. The molecule has 2 unspecified atom stereocenters. The first kappa shape index (κ1) is 33.1. The Balaban J connectivity index is 0.00000484. The van der Waals surface area contributed by atoms with Gasteiger partial charge in [0.25, 0.3) is 5.91 Å². The van der Waals surface area contributed by atoms with E-state index in [-0.39, 0.29) is 60.9 Å². The highest BCUT2D eigenvalue weighted by Gasteiger charge is 2.40. The van der Waals surface area contributed by atoms with Gasteiger partial charge in [-0.25, -0.2) is 17.8 Å². The van der Waals surface area contributed by atoms with Crippen molar-refractivity contribution in [2.75, 3.05) is 19.7 Å². The van der Waals surface area contributed by atoms with E-state index in [2.05, 4.69) is 10.6 Å². The third-order valence-electron chi connectivity index (χ3n) is 6.85. The van der Waals surface area contributed by atoms with Gasteiger partial charge in [0.15, 0.2) is 12.4 Å². The van der Waals surface area contributed by atoms with Gasteiger partial charge < -0.3 is 39.3 Å². The van der Waals surface area contributed by atoms with Crippen LogP contribution in [0.25, 0.3) is 0 Å². The Morgan fingerprint density at radius 1 is 1.05 bits per heavy atom. The highest BCUT2D eigenvalue weighted by atomic mass is 127. The number of rotatable bonds is 11. The number of aryl methyl sites for hydroxylation is 2. The summed E-state index contributed by atoms with van der Waals surface area (Å²) in [5, 5.41) is 5.45. The van der Waals surface area contributed by atoms with Crippen molar-refractivity contribution >= 4 is 27.8 Å². The van der Waals surface area contributed by atoms with E-state index in [4.69, 9.17) is 4.74 Å². The molecule has 2 heterocycles. The van der Waals surface area contributed by atoms with Crippen molar-refractivity contribution in [3.8, 4) is 0 Å². The molecule has 1 saturated heterocycles. The maximum absolute atomic E-state index is 13.4. The standard InChI is InChI=1S/C30H34N4O6S.HI/c1-22-12-14-25(15-13-22)41(38,39)34-18-7-11-27(34)29(36)32-26(20-23-8-4-3-5-9-23)30(37)40-19-16-31-28(35)24-10-6-17-33(2)21-24;/h3-6,8-10,12-15,17,21,26-27H,7,11,16,18-20H2,1-2H3,(H-,31,32,35,36);1H. The summed E-state index contributed by atoms with van der Waals surface area (Å²) >= 11 is 0. The zero-order valence-electron chi connectivity index (χ0n) is 23.5. The Morgan fingerprint density at radius 3 is 2.45 bits per heavy atom. The number of aromatic nitrogens is 1.